The second-order valence-corrected chi connectivity index (χ2v) is 25.8. The molecule has 0 unspecified atom stereocenters. The summed E-state index contributed by atoms with van der Waals surface area (Å²) in [5.74, 6) is 0. The zero-order chi connectivity index (χ0) is 21.4. The van der Waals surface area contributed by atoms with Crippen LogP contribution >= 0.6 is 53.2 Å². The molecule has 0 saturated carbocycles. The molecule has 0 heterocycles. The van der Waals surface area contributed by atoms with Gasteiger partial charge in [0.05, 0.1) is 0 Å². The van der Waals surface area contributed by atoms with Gasteiger partial charge in [-0.05, 0) is 0 Å². The van der Waals surface area contributed by atoms with Crippen molar-refractivity contribution in [3.8, 4) is 0 Å². The maximum absolute atomic E-state index is 7.50. The quantitative estimate of drug-likeness (QED) is 0.259. The van der Waals surface area contributed by atoms with Crippen LogP contribution in [0, 0.1) is 53.2 Å². The summed E-state index contributed by atoms with van der Waals surface area (Å²) in [7, 11) is 0. The maximum atomic E-state index is 7.50. The fourth-order valence-corrected chi connectivity index (χ4v) is 0. The fourth-order valence-electron chi connectivity index (χ4n) is 0. The van der Waals surface area contributed by atoms with E-state index in [9.17, 15) is 0 Å². The molecule has 22 heavy (non-hydrogen) atoms. The van der Waals surface area contributed by atoms with E-state index >= 15 is 0 Å². The first-order chi connectivity index (χ1) is 10.8. The van der Waals surface area contributed by atoms with Gasteiger partial charge < -0.3 is 0 Å². The molecule has 0 fully saturated rings. The predicted molar refractivity (Wildman–Crippen MR) is 67.1 cm³/mol. The third kappa shape index (κ3) is 5860. The third-order valence-electron chi connectivity index (χ3n) is 0. The molecule has 0 radical (unpaired) electrons. The Hall–Kier alpha value is 1.22. The minimum absolute atomic E-state index is 0.125. The number of hydrogen-bond donors (Lipinski definition) is 0. The second kappa shape index (κ2) is 967. The molecule has 0 N–H and O–H groups in total. The van der Waals surface area contributed by atoms with Crippen LogP contribution in [0.25, 0.3) is 0 Å². The summed E-state index contributed by atoms with van der Waals surface area (Å²) < 4.78 is 60.0. The standard InChI is InChI=1S/8CO.4BrH.2W/c8*1-2;;;;;;/h;;;;;;;;4*1H;;/q;;;;;;;;;;;;2*+2/p-4. The Kier molecular flexibility index (Phi) is 2880. The van der Waals surface area contributed by atoms with E-state index in [1.807, 2.05) is 0 Å². The van der Waals surface area contributed by atoms with Gasteiger partial charge in [0.2, 0.25) is 0 Å². The van der Waals surface area contributed by atoms with Gasteiger partial charge in [-0.3, -0.25) is 0 Å². The molecular weight excluding hydrogens is 911 g/mol. The average molecular weight is 911 g/mol. The van der Waals surface area contributed by atoms with Gasteiger partial charge in [0.25, 0.3) is 0 Å². The van der Waals surface area contributed by atoms with Crippen LogP contribution in [0.5, 0.6) is 0 Å². The Balaban J connectivity index is -0.00000000916. The normalized spacial score (nSPS) is 2.36. The summed E-state index contributed by atoms with van der Waals surface area (Å²) >= 11 is 12.7. The van der Waals surface area contributed by atoms with Crippen LogP contribution < -0.4 is 0 Å². The molecule has 0 spiro atoms. The Morgan fingerprint density at radius 1 is 0.318 bits per heavy atom. The van der Waals surface area contributed by atoms with Crippen molar-refractivity contribution >= 4 is 53.2 Å². The molecule has 0 aliphatic heterocycles. The van der Waals surface area contributed by atoms with E-state index in [0.29, 0.717) is 0 Å². The van der Waals surface area contributed by atoms with Crippen molar-refractivity contribution in [2.24, 2.45) is 0 Å². The van der Waals surface area contributed by atoms with Crippen molar-refractivity contribution in [3.05, 3.63) is 53.2 Å². The Labute approximate surface area is 170 Å². The molecule has 8 nitrogen and oxygen atoms in total. The Morgan fingerprint density at radius 3 is 0.318 bits per heavy atom. The molecule has 14 heteroatoms. The summed E-state index contributed by atoms with van der Waals surface area (Å²) in [4.78, 5) is 0. The van der Waals surface area contributed by atoms with Gasteiger partial charge in [0.1, 0.15) is 0 Å². The van der Waals surface area contributed by atoms with Crippen molar-refractivity contribution in [1.29, 1.82) is 0 Å². The van der Waals surface area contributed by atoms with Crippen molar-refractivity contribution < 1.29 is 66.1 Å². The molecule has 0 rings (SSSR count). The predicted octanol–water partition coefficient (Wildman–Crippen LogP) is 3.08. The zero-order valence-electron chi connectivity index (χ0n) is 9.59. The fraction of sp³-hybridized carbons (Fsp3) is 0. The number of rotatable bonds is 0. The van der Waals surface area contributed by atoms with E-state index in [1.54, 1.807) is 0 Å². The van der Waals surface area contributed by atoms with Crippen molar-refractivity contribution in [2.75, 3.05) is 0 Å². The molecule has 0 amide bonds. The van der Waals surface area contributed by atoms with Gasteiger partial charge in [-0.2, -0.15) is 0 Å². The molecule has 0 atom stereocenters. The number of halogens is 4. The first kappa shape index (κ1) is 65.6. The van der Waals surface area contributed by atoms with Crippen LogP contribution in [0.1, 0.15) is 0 Å². The van der Waals surface area contributed by atoms with Gasteiger partial charge in [-0.1, -0.05) is 0 Å². The van der Waals surface area contributed by atoms with Gasteiger partial charge in [-0.25, -0.2) is 0 Å². The third-order valence-corrected chi connectivity index (χ3v) is 0. The van der Waals surface area contributed by atoms with Gasteiger partial charge in [-0.15, -0.1) is 0 Å². The molecule has 120 valence electrons. The van der Waals surface area contributed by atoms with Crippen LogP contribution in [0.2, 0.25) is 0 Å². The van der Waals surface area contributed by atoms with E-state index in [-0.39, 0.29) is 28.9 Å². The summed E-state index contributed by atoms with van der Waals surface area (Å²) in [6.07, 6.45) is 0. The van der Waals surface area contributed by atoms with E-state index in [0.717, 1.165) is 0 Å². The van der Waals surface area contributed by atoms with E-state index in [2.05, 4.69) is 106 Å². The molecular formula is C8Br4O8W2. The topological polar surface area (TPSA) is 159 Å². The summed E-state index contributed by atoms with van der Waals surface area (Å²) in [6.45, 7) is 36.0. The molecule has 0 aromatic carbocycles. The second-order valence-electron chi connectivity index (χ2n) is 0.117. The van der Waals surface area contributed by atoms with Crippen molar-refractivity contribution in [2.45, 2.75) is 0 Å². The van der Waals surface area contributed by atoms with E-state index in [1.165, 1.54) is 0 Å². The minimum atomic E-state index is -0.125. The van der Waals surface area contributed by atoms with Crippen LogP contribution in [-0.2, 0) is 66.1 Å². The van der Waals surface area contributed by atoms with E-state index in [4.69, 9.17) is 37.2 Å². The zero-order valence-corrected chi connectivity index (χ0v) is 21.8. The molecule has 0 aliphatic rings. The first-order valence-electron chi connectivity index (χ1n) is 2.25. The van der Waals surface area contributed by atoms with Gasteiger partial charge >= 0.3 is 173 Å². The molecule has 0 aromatic rings. The van der Waals surface area contributed by atoms with Crippen molar-refractivity contribution in [3.63, 3.8) is 0 Å². The Bertz CT molecular complexity index is 172. The Morgan fingerprint density at radius 2 is 0.318 bits per heavy atom. The SMILES string of the molecule is [Br][W][Br].[Br][W][Br].[C-]#[O+].[C-]#[O+].[C-]#[O+].[C-]#[O+].[C-]#[O+].[C-]#[O+].[C-]#[O+].[C-]#[O+]. The molecule has 0 aromatic heterocycles. The van der Waals surface area contributed by atoms with Gasteiger partial charge in [0, 0.05) is 0 Å². The van der Waals surface area contributed by atoms with Crippen molar-refractivity contribution in [1.82, 2.24) is 0 Å². The van der Waals surface area contributed by atoms with E-state index < -0.39 is 0 Å². The molecule has 0 saturated heterocycles. The van der Waals surface area contributed by atoms with Crippen LogP contribution in [0.15, 0.2) is 0 Å². The monoisotopic (exact) mass is 908 g/mol. The van der Waals surface area contributed by atoms with Crippen LogP contribution in [0.4, 0.5) is 0 Å². The average Bonchev–Trinajstić information content (AvgIpc) is 2.69. The molecule has 0 aliphatic carbocycles. The summed E-state index contributed by atoms with van der Waals surface area (Å²) in [5.41, 5.74) is 0. The summed E-state index contributed by atoms with van der Waals surface area (Å²) in [6, 6.07) is 0. The van der Waals surface area contributed by atoms with Crippen LogP contribution in [-0.4, -0.2) is 0 Å². The van der Waals surface area contributed by atoms with Gasteiger partial charge in [0.15, 0.2) is 0 Å². The number of hydrogen-bond acceptors (Lipinski definition) is 0. The molecule has 0 bridgehead atoms. The van der Waals surface area contributed by atoms with Crippen LogP contribution in [0.3, 0.4) is 0 Å². The first-order valence-corrected chi connectivity index (χ1v) is 27.9. The summed E-state index contributed by atoms with van der Waals surface area (Å²) in [5, 5.41) is 0.